The number of amides is 2. The Labute approximate surface area is 173 Å². The molecule has 0 aliphatic heterocycles. The molecule has 0 atom stereocenters. The number of carbonyl (C=O) groups is 2. The summed E-state index contributed by atoms with van der Waals surface area (Å²) in [5, 5.41) is 7.06. The fraction of sp³-hybridized carbons (Fsp3) is 0.100. The highest BCUT2D eigenvalue weighted by atomic mass is 32.2. The van der Waals surface area contributed by atoms with Crippen LogP contribution in [0.2, 0.25) is 0 Å². The Kier molecular flexibility index (Phi) is 6.60. The van der Waals surface area contributed by atoms with Gasteiger partial charge in [-0.1, -0.05) is 18.2 Å². The van der Waals surface area contributed by atoms with Crippen LogP contribution in [0.1, 0.15) is 15.2 Å². The van der Waals surface area contributed by atoms with Crippen LogP contribution in [0.25, 0.3) is 0 Å². The van der Waals surface area contributed by atoms with Crippen LogP contribution in [0.4, 0.5) is 24.5 Å². The molecule has 0 bridgehead atoms. The summed E-state index contributed by atoms with van der Waals surface area (Å²) in [5.74, 6) is -0.634. The van der Waals surface area contributed by atoms with Crippen LogP contribution in [-0.4, -0.2) is 17.6 Å². The number of benzene rings is 2. The van der Waals surface area contributed by atoms with Crippen molar-refractivity contribution in [3.05, 3.63) is 76.5 Å². The largest absolute Gasteiger partial charge is 0.416 e. The van der Waals surface area contributed by atoms with Gasteiger partial charge in [-0.3, -0.25) is 9.59 Å². The maximum atomic E-state index is 12.7. The van der Waals surface area contributed by atoms with E-state index in [9.17, 15) is 22.8 Å². The molecule has 0 spiro atoms. The molecule has 3 rings (SSSR count). The first-order valence-electron chi connectivity index (χ1n) is 8.36. The summed E-state index contributed by atoms with van der Waals surface area (Å²) in [6, 6.07) is 15.0. The minimum absolute atomic E-state index is 0.0125. The molecule has 4 nitrogen and oxygen atoms in total. The van der Waals surface area contributed by atoms with E-state index in [1.165, 1.54) is 35.2 Å². The molecule has 0 saturated heterocycles. The van der Waals surface area contributed by atoms with Crippen molar-refractivity contribution >= 4 is 46.3 Å². The first-order chi connectivity index (χ1) is 13.8. The fourth-order valence-electron chi connectivity index (χ4n) is 2.38. The van der Waals surface area contributed by atoms with Crippen molar-refractivity contribution in [3.8, 4) is 0 Å². The molecule has 0 saturated carbocycles. The number of thioether (sulfide) groups is 1. The minimum atomic E-state index is -4.47. The van der Waals surface area contributed by atoms with Crippen LogP contribution < -0.4 is 10.6 Å². The maximum absolute atomic E-state index is 12.7. The molecular formula is C20H15F3N2O2S2. The summed E-state index contributed by atoms with van der Waals surface area (Å²) in [6.07, 6.45) is -4.47. The fourth-order valence-corrected chi connectivity index (χ4v) is 3.76. The number of hydrogen-bond donors (Lipinski definition) is 2. The third-order valence-electron chi connectivity index (χ3n) is 3.68. The van der Waals surface area contributed by atoms with Crippen molar-refractivity contribution in [1.82, 2.24) is 0 Å². The van der Waals surface area contributed by atoms with Crippen molar-refractivity contribution in [2.24, 2.45) is 0 Å². The molecule has 0 fully saturated rings. The van der Waals surface area contributed by atoms with Gasteiger partial charge in [0.05, 0.1) is 16.2 Å². The zero-order valence-corrected chi connectivity index (χ0v) is 16.5. The second-order valence-corrected chi connectivity index (χ2v) is 7.87. The second kappa shape index (κ2) is 9.15. The van der Waals surface area contributed by atoms with Crippen LogP contribution >= 0.6 is 23.1 Å². The maximum Gasteiger partial charge on any atom is 0.416 e. The van der Waals surface area contributed by atoms with Gasteiger partial charge in [0, 0.05) is 16.3 Å². The van der Waals surface area contributed by atoms with Gasteiger partial charge in [0.1, 0.15) is 0 Å². The molecule has 29 heavy (non-hydrogen) atoms. The zero-order chi connectivity index (χ0) is 20.9. The van der Waals surface area contributed by atoms with Crippen LogP contribution in [0.5, 0.6) is 0 Å². The average Bonchev–Trinajstić information content (AvgIpc) is 3.21. The Balaban J connectivity index is 1.56. The number of rotatable bonds is 6. The van der Waals surface area contributed by atoms with E-state index in [-0.39, 0.29) is 17.3 Å². The van der Waals surface area contributed by atoms with Gasteiger partial charge in [0.25, 0.3) is 5.91 Å². The Morgan fingerprint density at radius 2 is 1.66 bits per heavy atom. The van der Waals surface area contributed by atoms with Gasteiger partial charge >= 0.3 is 6.18 Å². The third kappa shape index (κ3) is 6.10. The summed E-state index contributed by atoms with van der Waals surface area (Å²) in [6.45, 7) is 0. The van der Waals surface area contributed by atoms with Gasteiger partial charge in [-0.05, 0) is 47.8 Å². The predicted molar refractivity (Wildman–Crippen MR) is 110 cm³/mol. The molecule has 2 amide bonds. The topological polar surface area (TPSA) is 58.2 Å². The Hall–Kier alpha value is -2.78. The zero-order valence-electron chi connectivity index (χ0n) is 14.8. The molecule has 0 aliphatic rings. The van der Waals surface area contributed by atoms with Crippen LogP contribution in [0.3, 0.4) is 0 Å². The molecule has 0 unspecified atom stereocenters. The number of halogens is 3. The summed E-state index contributed by atoms with van der Waals surface area (Å²) >= 11 is 2.54. The van der Waals surface area contributed by atoms with E-state index < -0.39 is 17.6 Å². The van der Waals surface area contributed by atoms with E-state index in [2.05, 4.69) is 10.6 Å². The lowest BCUT2D eigenvalue weighted by Gasteiger charge is -2.10. The lowest BCUT2D eigenvalue weighted by atomic mass is 10.2. The monoisotopic (exact) mass is 436 g/mol. The summed E-state index contributed by atoms with van der Waals surface area (Å²) in [4.78, 5) is 25.5. The molecule has 1 heterocycles. The van der Waals surface area contributed by atoms with Gasteiger partial charge in [0.2, 0.25) is 5.91 Å². The minimum Gasteiger partial charge on any atom is -0.325 e. The van der Waals surface area contributed by atoms with E-state index in [0.29, 0.717) is 10.6 Å². The summed E-state index contributed by atoms with van der Waals surface area (Å²) in [5.41, 5.74) is -0.147. The molecule has 2 N–H and O–H groups in total. The third-order valence-corrected chi connectivity index (χ3v) is 5.54. The van der Waals surface area contributed by atoms with Crippen molar-refractivity contribution in [1.29, 1.82) is 0 Å². The summed E-state index contributed by atoms with van der Waals surface area (Å²) < 4.78 is 38.2. The Morgan fingerprint density at radius 3 is 2.34 bits per heavy atom. The number of anilines is 2. The number of nitrogens with one attached hydrogen (secondary N) is 2. The predicted octanol–water partition coefficient (Wildman–Crippen LogP) is 5.75. The normalized spacial score (nSPS) is 11.1. The molecule has 1 aromatic heterocycles. The number of hydrogen-bond acceptors (Lipinski definition) is 4. The highest BCUT2D eigenvalue weighted by molar-refractivity contribution is 8.00. The quantitative estimate of drug-likeness (QED) is 0.484. The number of thiophene rings is 1. The van der Waals surface area contributed by atoms with E-state index in [4.69, 9.17) is 0 Å². The van der Waals surface area contributed by atoms with Crippen molar-refractivity contribution in [3.63, 3.8) is 0 Å². The molecule has 150 valence electrons. The van der Waals surface area contributed by atoms with E-state index >= 15 is 0 Å². The lowest BCUT2D eigenvalue weighted by molar-refractivity contribution is -0.137. The van der Waals surface area contributed by atoms with Gasteiger partial charge in [0.15, 0.2) is 0 Å². The average molecular weight is 436 g/mol. The van der Waals surface area contributed by atoms with Gasteiger partial charge in [-0.2, -0.15) is 13.2 Å². The van der Waals surface area contributed by atoms with Crippen molar-refractivity contribution < 1.29 is 22.8 Å². The van der Waals surface area contributed by atoms with Gasteiger partial charge < -0.3 is 10.6 Å². The van der Waals surface area contributed by atoms with Gasteiger partial charge in [-0.25, -0.2) is 0 Å². The molecule has 9 heteroatoms. The first kappa shape index (κ1) is 20.9. The van der Waals surface area contributed by atoms with Gasteiger partial charge in [-0.15, -0.1) is 23.1 Å². The molecule has 2 aromatic carbocycles. The van der Waals surface area contributed by atoms with Crippen LogP contribution in [0, 0.1) is 0 Å². The highest BCUT2D eigenvalue weighted by Gasteiger charge is 2.30. The molecular weight excluding hydrogens is 421 g/mol. The van der Waals surface area contributed by atoms with Crippen LogP contribution in [0.15, 0.2) is 70.9 Å². The van der Waals surface area contributed by atoms with Crippen molar-refractivity contribution in [2.75, 3.05) is 16.4 Å². The first-order valence-corrected chi connectivity index (χ1v) is 10.2. The standard InChI is InChI=1S/C20H15F3N2O2S2/c21-20(22,23)13-4-1-5-14(10-13)24-18(26)12-29-16-7-2-6-15(11-16)25-19(27)17-8-3-9-28-17/h1-11H,12H2,(H,24,26)(H,25,27). The highest BCUT2D eigenvalue weighted by Crippen LogP contribution is 2.30. The number of alkyl halides is 3. The molecule has 0 aliphatic carbocycles. The van der Waals surface area contributed by atoms with E-state index in [1.807, 2.05) is 5.38 Å². The van der Waals surface area contributed by atoms with E-state index in [0.717, 1.165) is 17.0 Å². The number of carbonyl (C=O) groups excluding carboxylic acids is 2. The Bertz CT molecular complexity index is 1000. The van der Waals surface area contributed by atoms with E-state index in [1.54, 1.807) is 36.4 Å². The molecule has 3 aromatic rings. The smallest absolute Gasteiger partial charge is 0.325 e. The summed E-state index contributed by atoms with van der Waals surface area (Å²) in [7, 11) is 0. The SMILES string of the molecule is O=C(CSc1cccc(NC(=O)c2cccs2)c1)Nc1cccc(C(F)(F)F)c1. The Morgan fingerprint density at radius 1 is 0.931 bits per heavy atom. The molecule has 0 radical (unpaired) electrons. The lowest BCUT2D eigenvalue weighted by Crippen LogP contribution is -2.15. The van der Waals surface area contributed by atoms with Crippen LogP contribution in [-0.2, 0) is 11.0 Å². The second-order valence-electron chi connectivity index (χ2n) is 5.87. The van der Waals surface area contributed by atoms with Crippen molar-refractivity contribution in [2.45, 2.75) is 11.1 Å².